The number of carbonyl (C=O) groups is 2. The average molecular weight is 491 g/mol. The predicted octanol–water partition coefficient (Wildman–Crippen LogP) is 5.98. The Bertz CT molecular complexity index is 1410. The van der Waals surface area contributed by atoms with Crippen LogP contribution in [0.15, 0.2) is 110 Å². The van der Waals surface area contributed by atoms with Crippen LogP contribution >= 0.6 is 0 Å². The minimum Gasteiger partial charge on any atom is -0.507 e. The van der Waals surface area contributed by atoms with Gasteiger partial charge in [-0.15, -0.1) is 6.58 Å². The zero-order valence-electron chi connectivity index (χ0n) is 20.9. The Morgan fingerprint density at radius 3 is 2.43 bits per heavy atom. The molecule has 186 valence electrons. The van der Waals surface area contributed by atoms with Crippen molar-refractivity contribution in [2.45, 2.75) is 31.1 Å². The lowest BCUT2D eigenvalue weighted by atomic mass is 9.56. The van der Waals surface area contributed by atoms with Gasteiger partial charge in [-0.05, 0) is 48.6 Å². The van der Waals surface area contributed by atoms with Gasteiger partial charge in [-0.1, -0.05) is 91.0 Å². The van der Waals surface area contributed by atoms with Crippen LogP contribution in [0.25, 0.3) is 0 Å². The number of carbonyl (C=O) groups excluding carboxylic acids is 2. The van der Waals surface area contributed by atoms with Crippen LogP contribution in [0, 0.1) is 12.8 Å². The summed E-state index contributed by atoms with van der Waals surface area (Å²) in [5.74, 6) is -1.80. The number of benzene rings is 3. The normalized spacial score (nSPS) is 22.8. The van der Waals surface area contributed by atoms with E-state index < -0.39 is 17.3 Å². The molecular formula is C32H30N2O3. The number of para-hydroxylation sites is 1. The number of aryl methyl sites for hydroxylation is 1. The number of hydrogen-bond donors (Lipinski definition) is 2. The van der Waals surface area contributed by atoms with E-state index >= 15 is 0 Å². The number of fused-ring (bicyclic) bond motifs is 1. The molecule has 5 heteroatoms. The molecule has 37 heavy (non-hydrogen) atoms. The number of hydrogen-bond acceptors (Lipinski definition) is 4. The summed E-state index contributed by atoms with van der Waals surface area (Å²) in [5.41, 5.74) is 6.40. The molecule has 3 aromatic rings. The van der Waals surface area contributed by atoms with Gasteiger partial charge in [0.05, 0.1) is 17.0 Å². The molecule has 1 aliphatic heterocycles. The molecule has 2 aliphatic rings. The van der Waals surface area contributed by atoms with E-state index in [1.165, 1.54) is 5.01 Å². The number of amides is 2. The third-order valence-corrected chi connectivity index (χ3v) is 7.61. The van der Waals surface area contributed by atoms with Gasteiger partial charge in [-0.25, -0.2) is 0 Å². The second-order valence-electron chi connectivity index (χ2n) is 9.67. The molecule has 0 aromatic heterocycles. The van der Waals surface area contributed by atoms with Crippen molar-refractivity contribution in [1.29, 1.82) is 0 Å². The summed E-state index contributed by atoms with van der Waals surface area (Å²) in [4.78, 5) is 28.5. The SMILES string of the molecule is C=CCc1cccc([C@H]2C(C=C)=CC[C@H]3C(=O)N(Nc4ccc(C)cc4)C(=O)[C@@]23c2ccccc2)c1O. The summed E-state index contributed by atoms with van der Waals surface area (Å²) < 4.78 is 0. The maximum absolute atomic E-state index is 14.6. The molecule has 5 nitrogen and oxygen atoms in total. The molecule has 0 radical (unpaired) electrons. The van der Waals surface area contributed by atoms with Gasteiger partial charge >= 0.3 is 0 Å². The van der Waals surface area contributed by atoms with Crippen LogP contribution < -0.4 is 5.43 Å². The molecule has 0 spiro atoms. The fourth-order valence-corrected chi connectivity index (χ4v) is 5.89. The summed E-state index contributed by atoms with van der Waals surface area (Å²) >= 11 is 0. The molecule has 2 N–H and O–H groups in total. The number of aromatic hydroxyl groups is 1. The smallest absolute Gasteiger partial charge is 0.260 e. The monoisotopic (exact) mass is 490 g/mol. The van der Waals surface area contributed by atoms with Gasteiger partial charge < -0.3 is 5.11 Å². The molecule has 3 aromatic carbocycles. The fourth-order valence-electron chi connectivity index (χ4n) is 5.89. The van der Waals surface area contributed by atoms with E-state index in [-0.39, 0.29) is 17.6 Å². The molecule has 0 saturated carbocycles. The summed E-state index contributed by atoms with van der Waals surface area (Å²) in [5, 5.41) is 12.6. The van der Waals surface area contributed by atoms with Crippen molar-refractivity contribution in [3.63, 3.8) is 0 Å². The summed E-state index contributed by atoms with van der Waals surface area (Å²) in [6.07, 6.45) is 6.31. The summed E-state index contributed by atoms with van der Waals surface area (Å²) in [7, 11) is 0. The Morgan fingerprint density at radius 1 is 1.03 bits per heavy atom. The van der Waals surface area contributed by atoms with Gasteiger partial charge in [-0.3, -0.25) is 15.0 Å². The summed E-state index contributed by atoms with van der Waals surface area (Å²) in [6, 6.07) is 22.6. The van der Waals surface area contributed by atoms with E-state index in [2.05, 4.69) is 18.6 Å². The maximum atomic E-state index is 14.6. The Kier molecular flexibility index (Phi) is 6.30. The van der Waals surface area contributed by atoms with Crippen LogP contribution in [0.4, 0.5) is 5.69 Å². The highest BCUT2D eigenvalue weighted by atomic mass is 16.3. The number of allylic oxidation sites excluding steroid dienone is 4. The van der Waals surface area contributed by atoms with Crippen molar-refractivity contribution in [2.75, 3.05) is 5.43 Å². The minimum atomic E-state index is -1.27. The van der Waals surface area contributed by atoms with Crippen LogP contribution in [0.2, 0.25) is 0 Å². The van der Waals surface area contributed by atoms with Gasteiger partial charge in [0.1, 0.15) is 5.75 Å². The number of phenolic OH excluding ortho intramolecular Hbond substituents is 1. The van der Waals surface area contributed by atoms with Gasteiger partial charge in [0.15, 0.2) is 0 Å². The molecule has 0 bridgehead atoms. The lowest BCUT2D eigenvalue weighted by molar-refractivity contribution is -0.138. The molecule has 5 rings (SSSR count). The van der Waals surface area contributed by atoms with Crippen molar-refractivity contribution in [2.24, 2.45) is 5.92 Å². The highest BCUT2D eigenvalue weighted by Crippen LogP contribution is 2.58. The zero-order chi connectivity index (χ0) is 26.2. The molecule has 1 heterocycles. The Morgan fingerprint density at radius 2 is 1.76 bits per heavy atom. The molecular weight excluding hydrogens is 460 g/mol. The van der Waals surface area contributed by atoms with Crippen LogP contribution in [0.3, 0.4) is 0 Å². The van der Waals surface area contributed by atoms with E-state index in [4.69, 9.17) is 0 Å². The largest absolute Gasteiger partial charge is 0.507 e. The molecule has 1 fully saturated rings. The highest BCUT2D eigenvalue weighted by Gasteiger charge is 2.66. The van der Waals surface area contributed by atoms with Gasteiger partial charge in [-0.2, -0.15) is 5.01 Å². The second kappa shape index (κ2) is 9.58. The first-order valence-corrected chi connectivity index (χ1v) is 12.4. The Hall–Kier alpha value is -4.38. The number of anilines is 1. The number of phenols is 1. The van der Waals surface area contributed by atoms with Gasteiger partial charge in [0.2, 0.25) is 0 Å². The zero-order valence-corrected chi connectivity index (χ0v) is 20.9. The van der Waals surface area contributed by atoms with E-state index in [0.29, 0.717) is 29.7 Å². The third-order valence-electron chi connectivity index (χ3n) is 7.61. The van der Waals surface area contributed by atoms with E-state index in [1.54, 1.807) is 12.2 Å². The van der Waals surface area contributed by atoms with Crippen molar-refractivity contribution in [3.8, 4) is 5.75 Å². The Labute approximate surface area is 217 Å². The number of imide groups is 1. The predicted molar refractivity (Wildman–Crippen MR) is 146 cm³/mol. The second-order valence-corrected chi connectivity index (χ2v) is 9.67. The lowest BCUT2D eigenvalue weighted by Gasteiger charge is -2.43. The Balaban J connectivity index is 1.74. The number of nitrogens with zero attached hydrogens (tertiary/aromatic N) is 1. The van der Waals surface area contributed by atoms with Crippen molar-refractivity contribution in [1.82, 2.24) is 5.01 Å². The number of hydrazine groups is 1. The van der Waals surface area contributed by atoms with Crippen LogP contribution in [-0.2, 0) is 21.4 Å². The standard InChI is InChI=1S/C32H30N2O3/c1-4-10-23-11-9-14-26(29(23)35)28-22(5-2)17-20-27-30(36)34(33-25-18-15-21(3)16-19-25)31(37)32(27,28)24-12-7-6-8-13-24/h4-9,11-19,27-28,33,35H,1-2,10,20H2,3H3/t27-,28+,32+/m0/s1. The molecule has 3 atom stereocenters. The van der Waals surface area contributed by atoms with Crippen molar-refractivity contribution in [3.05, 3.63) is 132 Å². The van der Waals surface area contributed by atoms with Crippen molar-refractivity contribution >= 4 is 17.5 Å². The van der Waals surface area contributed by atoms with E-state index in [0.717, 1.165) is 16.7 Å². The summed E-state index contributed by atoms with van der Waals surface area (Å²) in [6.45, 7) is 9.83. The quantitative estimate of drug-likeness (QED) is 0.316. The van der Waals surface area contributed by atoms with E-state index in [9.17, 15) is 14.7 Å². The topological polar surface area (TPSA) is 69.6 Å². The molecule has 2 amide bonds. The number of rotatable bonds is 7. The van der Waals surface area contributed by atoms with Gasteiger partial charge in [0, 0.05) is 11.5 Å². The lowest BCUT2D eigenvalue weighted by Crippen LogP contribution is -2.48. The minimum absolute atomic E-state index is 0.112. The molecule has 1 saturated heterocycles. The first-order valence-electron chi connectivity index (χ1n) is 12.4. The first-order chi connectivity index (χ1) is 17.9. The van der Waals surface area contributed by atoms with Crippen molar-refractivity contribution < 1.29 is 14.7 Å². The molecule has 1 aliphatic carbocycles. The molecule has 0 unspecified atom stereocenters. The first kappa shape index (κ1) is 24.3. The van der Waals surface area contributed by atoms with Crippen LogP contribution in [0.1, 0.15) is 34.6 Å². The average Bonchev–Trinajstić information content (AvgIpc) is 3.13. The van der Waals surface area contributed by atoms with Crippen LogP contribution in [0.5, 0.6) is 5.75 Å². The third kappa shape index (κ3) is 3.78. The van der Waals surface area contributed by atoms with Crippen LogP contribution in [-0.4, -0.2) is 21.9 Å². The fraction of sp³-hybridized carbons (Fsp3) is 0.188. The number of nitrogens with one attached hydrogen (secondary N) is 1. The van der Waals surface area contributed by atoms with Gasteiger partial charge in [0.25, 0.3) is 11.8 Å². The highest BCUT2D eigenvalue weighted by molar-refractivity contribution is 6.12. The van der Waals surface area contributed by atoms with E-state index in [1.807, 2.05) is 85.8 Å². The maximum Gasteiger partial charge on any atom is 0.260 e.